The third kappa shape index (κ3) is 3.59. The van der Waals surface area contributed by atoms with E-state index in [2.05, 4.69) is 22.1 Å². The van der Waals surface area contributed by atoms with Crippen LogP contribution >= 0.6 is 0 Å². The number of nitrogens with zero attached hydrogens (tertiary/aromatic N) is 2. The van der Waals surface area contributed by atoms with Gasteiger partial charge >= 0.3 is 0 Å². The number of hydrogen-bond acceptors (Lipinski definition) is 5. The van der Waals surface area contributed by atoms with Gasteiger partial charge in [-0.15, -0.1) is 0 Å². The minimum atomic E-state index is -0.131. The molecular weight excluding hydrogens is 330 g/mol. The predicted octanol–water partition coefficient (Wildman–Crippen LogP) is 2.98. The van der Waals surface area contributed by atoms with Crippen LogP contribution in [0.4, 0.5) is 5.82 Å². The molecule has 2 aromatic rings. The van der Waals surface area contributed by atoms with Gasteiger partial charge in [-0.2, -0.15) is 0 Å². The number of piperidine rings is 1. The van der Waals surface area contributed by atoms with E-state index in [9.17, 15) is 4.79 Å². The van der Waals surface area contributed by atoms with Crippen LogP contribution in [0.3, 0.4) is 0 Å². The zero-order chi connectivity index (χ0) is 17.9. The van der Waals surface area contributed by atoms with Gasteiger partial charge in [-0.3, -0.25) is 4.79 Å². The molecule has 0 radical (unpaired) electrons. The lowest BCUT2D eigenvalue weighted by atomic mass is 9.99. The summed E-state index contributed by atoms with van der Waals surface area (Å²) in [6.07, 6.45) is 4.04. The highest BCUT2D eigenvalue weighted by Gasteiger charge is 2.17. The zero-order valence-corrected chi connectivity index (χ0v) is 14.9. The summed E-state index contributed by atoms with van der Waals surface area (Å²) in [5.74, 6) is 3.07. The van der Waals surface area contributed by atoms with Gasteiger partial charge in [0.2, 0.25) is 6.79 Å². The molecule has 0 saturated carbocycles. The molecule has 4 rings (SSSR count). The summed E-state index contributed by atoms with van der Waals surface area (Å²) in [6, 6.07) is 9.45. The van der Waals surface area contributed by atoms with Crippen LogP contribution in [-0.4, -0.2) is 30.8 Å². The van der Waals surface area contributed by atoms with E-state index >= 15 is 0 Å². The molecule has 136 valence electrons. The predicted molar refractivity (Wildman–Crippen MR) is 98.6 cm³/mol. The number of rotatable bonds is 4. The van der Waals surface area contributed by atoms with Crippen molar-refractivity contribution in [3.8, 4) is 11.5 Å². The molecule has 6 nitrogen and oxygen atoms in total. The molecule has 1 aromatic carbocycles. The number of fused-ring (bicyclic) bond motifs is 1. The van der Waals surface area contributed by atoms with Crippen LogP contribution in [0.5, 0.6) is 11.5 Å². The lowest BCUT2D eigenvalue weighted by Gasteiger charge is -2.31. The fourth-order valence-electron chi connectivity index (χ4n) is 3.28. The van der Waals surface area contributed by atoms with Crippen LogP contribution in [0.1, 0.15) is 35.7 Å². The largest absolute Gasteiger partial charge is 0.454 e. The maximum atomic E-state index is 12.4. The molecule has 26 heavy (non-hydrogen) atoms. The monoisotopic (exact) mass is 353 g/mol. The Morgan fingerprint density at radius 2 is 2.00 bits per heavy atom. The van der Waals surface area contributed by atoms with Crippen molar-refractivity contribution in [3.63, 3.8) is 0 Å². The molecule has 6 heteroatoms. The maximum absolute atomic E-state index is 12.4. The first-order valence-electron chi connectivity index (χ1n) is 9.07. The molecule has 1 N–H and O–H groups in total. The Kier molecular flexibility index (Phi) is 4.65. The number of pyridine rings is 1. The van der Waals surface area contributed by atoms with Crippen molar-refractivity contribution in [1.29, 1.82) is 0 Å². The number of carbonyl (C=O) groups is 1. The summed E-state index contributed by atoms with van der Waals surface area (Å²) in [4.78, 5) is 19.1. The Bertz CT molecular complexity index is 783. The summed E-state index contributed by atoms with van der Waals surface area (Å²) in [5, 5.41) is 2.92. The van der Waals surface area contributed by atoms with Crippen LogP contribution in [0.15, 0.2) is 36.5 Å². The van der Waals surface area contributed by atoms with Crippen LogP contribution in [-0.2, 0) is 6.54 Å². The average Bonchev–Trinajstić information content (AvgIpc) is 3.15. The van der Waals surface area contributed by atoms with Crippen molar-refractivity contribution in [1.82, 2.24) is 10.3 Å². The minimum Gasteiger partial charge on any atom is -0.454 e. The molecule has 1 saturated heterocycles. The lowest BCUT2D eigenvalue weighted by molar-refractivity contribution is 0.0950. The van der Waals surface area contributed by atoms with Crippen molar-refractivity contribution >= 4 is 11.7 Å². The molecule has 0 spiro atoms. The van der Waals surface area contributed by atoms with Crippen LogP contribution in [0, 0.1) is 5.92 Å². The Morgan fingerprint density at radius 3 is 2.77 bits per heavy atom. The van der Waals surface area contributed by atoms with Crippen molar-refractivity contribution in [2.24, 2.45) is 5.92 Å². The molecule has 0 aliphatic carbocycles. The van der Waals surface area contributed by atoms with E-state index in [1.54, 1.807) is 6.20 Å². The SMILES string of the molecule is CC1CCN(c2ccc(C(=O)NCc3ccc4c(c3)OCO4)cn2)CC1. The lowest BCUT2D eigenvalue weighted by Crippen LogP contribution is -2.33. The number of benzene rings is 1. The van der Waals surface area contributed by atoms with Gasteiger partial charge in [-0.1, -0.05) is 13.0 Å². The Balaban J connectivity index is 1.34. The third-order valence-corrected chi connectivity index (χ3v) is 5.01. The van der Waals surface area contributed by atoms with Crippen LogP contribution in [0.25, 0.3) is 0 Å². The molecular formula is C20H23N3O3. The van der Waals surface area contributed by atoms with Crippen molar-refractivity contribution in [3.05, 3.63) is 47.7 Å². The molecule has 0 unspecified atom stereocenters. The molecule has 1 aromatic heterocycles. The molecule has 0 bridgehead atoms. The summed E-state index contributed by atoms with van der Waals surface area (Å²) >= 11 is 0. The summed E-state index contributed by atoms with van der Waals surface area (Å²) < 4.78 is 10.7. The number of hydrogen-bond donors (Lipinski definition) is 1. The molecule has 2 aliphatic heterocycles. The van der Waals surface area contributed by atoms with Gasteiger partial charge in [-0.25, -0.2) is 4.98 Å². The van der Waals surface area contributed by atoms with Crippen LogP contribution < -0.4 is 19.7 Å². The van der Waals surface area contributed by atoms with Gasteiger partial charge in [0.05, 0.1) is 5.56 Å². The topological polar surface area (TPSA) is 63.7 Å². The highest BCUT2D eigenvalue weighted by Crippen LogP contribution is 2.32. The standard InChI is InChI=1S/C20H23N3O3/c1-14-6-8-23(9-7-14)19-5-3-16(12-21-19)20(24)22-11-15-2-4-17-18(10-15)26-13-25-17/h2-5,10,12,14H,6-9,11,13H2,1H3,(H,22,24). The zero-order valence-electron chi connectivity index (χ0n) is 14.9. The fourth-order valence-corrected chi connectivity index (χ4v) is 3.28. The van der Waals surface area contributed by atoms with Crippen molar-refractivity contribution < 1.29 is 14.3 Å². The Hall–Kier alpha value is -2.76. The number of nitrogens with one attached hydrogen (secondary N) is 1. The van der Waals surface area contributed by atoms with Gasteiger partial charge in [0.25, 0.3) is 5.91 Å². The smallest absolute Gasteiger partial charge is 0.253 e. The van der Waals surface area contributed by atoms with Gasteiger partial charge in [0, 0.05) is 25.8 Å². The van der Waals surface area contributed by atoms with Crippen LogP contribution in [0.2, 0.25) is 0 Å². The highest BCUT2D eigenvalue weighted by atomic mass is 16.7. The normalized spacial score (nSPS) is 16.6. The molecule has 3 heterocycles. The minimum absolute atomic E-state index is 0.131. The van der Waals surface area contributed by atoms with Crippen molar-refractivity contribution in [2.75, 3.05) is 24.8 Å². The van der Waals surface area contributed by atoms with E-state index in [4.69, 9.17) is 9.47 Å². The maximum Gasteiger partial charge on any atom is 0.253 e. The van der Waals surface area contributed by atoms with Gasteiger partial charge in [0.1, 0.15) is 5.82 Å². The quantitative estimate of drug-likeness (QED) is 0.915. The van der Waals surface area contributed by atoms with E-state index < -0.39 is 0 Å². The fraction of sp³-hybridized carbons (Fsp3) is 0.400. The van der Waals surface area contributed by atoms with Gasteiger partial charge in [0.15, 0.2) is 11.5 Å². The van der Waals surface area contributed by atoms with E-state index in [1.807, 2.05) is 30.3 Å². The second-order valence-electron chi connectivity index (χ2n) is 6.94. The summed E-state index contributed by atoms with van der Waals surface area (Å²) in [5.41, 5.74) is 1.54. The molecule has 1 fully saturated rings. The highest BCUT2D eigenvalue weighted by molar-refractivity contribution is 5.94. The number of aromatic nitrogens is 1. The molecule has 1 amide bonds. The number of ether oxygens (including phenoxy) is 2. The number of amides is 1. The third-order valence-electron chi connectivity index (χ3n) is 5.01. The van der Waals surface area contributed by atoms with Gasteiger partial charge in [-0.05, 0) is 48.6 Å². The van der Waals surface area contributed by atoms with Crippen molar-refractivity contribution in [2.45, 2.75) is 26.3 Å². The second kappa shape index (κ2) is 7.23. The van der Waals surface area contributed by atoms with Gasteiger partial charge < -0.3 is 19.7 Å². The van der Waals surface area contributed by atoms with E-state index in [0.717, 1.165) is 41.9 Å². The van der Waals surface area contributed by atoms with E-state index in [1.165, 1.54) is 12.8 Å². The summed E-state index contributed by atoms with van der Waals surface area (Å²) in [7, 11) is 0. The molecule has 2 aliphatic rings. The number of anilines is 1. The second-order valence-corrected chi connectivity index (χ2v) is 6.94. The van der Waals surface area contributed by atoms with E-state index in [0.29, 0.717) is 12.1 Å². The first kappa shape index (κ1) is 16.7. The average molecular weight is 353 g/mol. The first-order chi connectivity index (χ1) is 12.7. The van der Waals surface area contributed by atoms with E-state index in [-0.39, 0.29) is 12.7 Å². The number of carbonyl (C=O) groups excluding carboxylic acids is 1. The molecule has 0 atom stereocenters. The Morgan fingerprint density at radius 1 is 1.19 bits per heavy atom. The Labute approximate surface area is 153 Å². The first-order valence-corrected chi connectivity index (χ1v) is 9.07. The summed E-state index contributed by atoms with van der Waals surface area (Å²) in [6.45, 7) is 5.03.